The minimum atomic E-state index is -0.896. The maximum atomic E-state index is 12.2. The van der Waals surface area contributed by atoms with Crippen molar-refractivity contribution in [1.29, 1.82) is 0 Å². The van der Waals surface area contributed by atoms with Gasteiger partial charge in [0.1, 0.15) is 5.75 Å². The monoisotopic (exact) mass is 235 g/mol. The molecule has 1 atom stereocenters. The van der Waals surface area contributed by atoms with Crippen LogP contribution in [0.15, 0.2) is 18.2 Å². The van der Waals surface area contributed by atoms with Crippen molar-refractivity contribution in [2.24, 2.45) is 0 Å². The lowest BCUT2D eigenvalue weighted by molar-refractivity contribution is -0.0229. The Morgan fingerprint density at radius 1 is 1.35 bits per heavy atom. The van der Waals surface area contributed by atoms with Gasteiger partial charge < -0.3 is 14.7 Å². The third kappa shape index (κ3) is 1.78. The van der Waals surface area contributed by atoms with E-state index >= 15 is 0 Å². The summed E-state index contributed by atoms with van der Waals surface area (Å²) >= 11 is 0. The van der Waals surface area contributed by atoms with E-state index in [-0.39, 0.29) is 5.91 Å². The number of hydrogen-bond donors (Lipinski definition) is 1. The molecule has 1 aliphatic rings. The summed E-state index contributed by atoms with van der Waals surface area (Å²) in [6.07, 6.45) is -0.896. The molecule has 0 fully saturated rings. The number of amides is 1. The molecule has 4 nitrogen and oxygen atoms in total. The van der Waals surface area contributed by atoms with Crippen molar-refractivity contribution in [1.82, 2.24) is 4.90 Å². The Labute approximate surface area is 101 Å². The second-order valence-electron chi connectivity index (χ2n) is 5.17. The molecule has 4 heteroatoms. The predicted molar refractivity (Wildman–Crippen MR) is 63.9 cm³/mol. The van der Waals surface area contributed by atoms with E-state index in [0.717, 1.165) is 0 Å². The fourth-order valence-electron chi connectivity index (χ4n) is 2.13. The molecule has 1 heterocycles. The van der Waals surface area contributed by atoms with Gasteiger partial charge in [-0.3, -0.25) is 4.79 Å². The van der Waals surface area contributed by atoms with Crippen LogP contribution >= 0.6 is 0 Å². The predicted octanol–water partition coefficient (Wildman–Crippen LogP) is 1.94. The van der Waals surface area contributed by atoms with Crippen molar-refractivity contribution in [3.8, 4) is 5.75 Å². The first-order valence-corrected chi connectivity index (χ1v) is 5.56. The van der Waals surface area contributed by atoms with Crippen LogP contribution in [0.1, 0.15) is 42.9 Å². The standard InChI is InChI=1S/C13H17NO3/c1-13(2,3)14-11(15)9-6-5-8(17-4)7-10(9)12(14)16/h5-7,12,16H,1-4H3/t12-/m0/s1. The van der Waals surface area contributed by atoms with Gasteiger partial charge in [-0.1, -0.05) is 0 Å². The zero-order chi connectivity index (χ0) is 12.8. The largest absolute Gasteiger partial charge is 0.497 e. The molecule has 1 N–H and O–H groups in total. The second kappa shape index (κ2) is 3.74. The topological polar surface area (TPSA) is 49.8 Å². The first-order valence-electron chi connectivity index (χ1n) is 5.56. The molecule has 0 unspecified atom stereocenters. The smallest absolute Gasteiger partial charge is 0.257 e. The summed E-state index contributed by atoms with van der Waals surface area (Å²) in [5.41, 5.74) is 0.750. The number of aliphatic hydroxyl groups excluding tert-OH is 1. The normalized spacial score (nSPS) is 19.5. The highest BCUT2D eigenvalue weighted by molar-refractivity contribution is 5.99. The number of ether oxygens (including phenoxy) is 1. The molecule has 0 aliphatic carbocycles. The second-order valence-corrected chi connectivity index (χ2v) is 5.17. The molecule has 1 aromatic carbocycles. The lowest BCUT2D eigenvalue weighted by Crippen LogP contribution is -2.43. The highest BCUT2D eigenvalue weighted by Crippen LogP contribution is 2.38. The molecule has 0 saturated heterocycles. The lowest BCUT2D eigenvalue weighted by Gasteiger charge is -2.34. The fourth-order valence-corrected chi connectivity index (χ4v) is 2.13. The third-order valence-electron chi connectivity index (χ3n) is 2.95. The van der Waals surface area contributed by atoms with Crippen molar-refractivity contribution in [2.75, 3.05) is 7.11 Å². The van der Waals surface area contributed by atoms with E-state index in [1.54, 1.807) is 25.3 Å². The number of carbonyl (C=O) groups is 1. The van der Waals surface area contributed by atoms with Gasteiger partial charge in [-0.15, -0.1) is 0 Å². The van der Waals surface area contributed by atoms with Crippen LogP contribution in [0.2, 0.25) is 0 Å². The molecule has 17 heavy (non-hydrogen) atoms. The summed E-state index contributed by atoms with van der Waals surface area (Å²) < 4.78 is 5.10. The molecule has 0 saturated carbocycles. The van der Waals surface area contributed by atoms with Gasteiger partial charge in [0.05, 0.1) is 7.11 Å². The van der Waals surface area contributed by atoms with Gasteiger partial charge in [0.15, 0.2) is 6.23 Å². The molecule has 1 aromatic rings. The van der Waals surface area contributed by atoms with E-state index in [1.165, 1.54) is 4.90 Å². The van der Waals surface area contributed by atoms with E-state index in [0.29, 0.717) is 16.9 Å². The first-order chi connectivity index (χ1) is 7.86. The fraction of sp³-hybridized carbons (Fsp3) is 0.462. The number of nitrogens with zero attached hydrogens (tertiary/aromatic N) is 1. The molecule has 1 aliphatic heterocycles. The van der Waals surface area contributed by atoms with Crippen LogP contribution in [0.25, 0.3) is 0 Å². The molecular formula is C13H17NO3. The van der Waals surface area contributed by atoms with Gasteiger partial charge in [-0.05, 0) is 39.0 Å². The Balaban J connectivity index is 2.49. The van der Waals surface area contributed by atoms with E-state index in [9.17, 15) is 9.90 Å². The van der Waals surface area contributed by atoms with E-state index in [2.05, 4.69) is 0 Å². The number of aliphatic hydroxyl groups is 1. The highest BCUT2D eigenvalue weighted by Gasteiger charge is 2.41. The van der Waals surface area contributed by atoms with Crippen LogP contribution in [0, 0.1) is 0 Å². The minimum absolute atomic E-state index is 0.136. The number of methoxy groups -OCH3 is 1. The lowest BCUT2D eigenvalue weighted by atomic mass is 10.1. The average Bonchev–Trinajstić information content (AvgIpc) is 2.50. The summed E-state index contributed by atoms with van der Waals surface area (Å²) in [7, 11) is 1.56. The van der Waals surface area contributed by atoms with Gasteiger partial charge in [-0.25, -0.2) is 0 Å². The maximum absolute atomic E-state index is 12.2. The average molecular weight is 235 g/mol. The zero-order valence-electron chi connectivity index (χ0n) is 10.5. The van der Waals surface area contributed by atoms with Gasteiger partial charge in [0.25, 0.3) is 5.91 Å². The molecule has 0 spiro atoms. The quantitative estimate of drug-likeness (QED) is 0.809. The summed E-state index contributed by atoms with van der Waals surface area (Å²) in [6.45, 7) is 5.70. The van der Waals surface area contributed by atoms with Crippen LogP contribution < -0.4 is 4.74 Å². The van der Waals surface area contributed by atoms with Gasteiger partial charge in [-0.2, -0.15) is 0 Å². The van der Waals surface area contributed by atoms with Crippen molar-refractivity contribution >= 4 is 5.91 Å². The summed E-state index contributed by atoms with van der Waals surface area (Å²) in [6, 6.07) is 5.14. The molecule has 0 aromatic heterocycles. The Kier molecular flexibility index (Phi) is 2.62. The van der Waals surface area contributed by atoms with Crippen LogP contribution in [0.4, 0.5) is 0 Å². The Morgan fingerprint density at radius 2 is 2.00 bits per heavy atom. The zero-order valence-corrected chi connectivity index (χ0v) is 10.5. The Morgan fingerprint density at radius 3 is 2.53 bits per heavy atom. The van der Waals surface area contributed by atoms with Crippen LogP contribution in [-0.2, 0) is 0 Å². The summed E-state index contributed by atoms with van der Waals surface area (Å²) in [5.74, 6) is 0.508. The number of benzene rings is 1. The number of fused-ring (bicyclic) bond motifs is 1. The highest BCUT2D eigenvalue weighted by atomic mass is 16.5. The summed E-state index contributed by atoms with van der Waals surface area (Å²) in [5, 5.41) is 10.2. The number of rotatable bonds is 1. The van der Waals surface area contributed by atoms with Crippen molar-refractivity contribution in [2.45, 2.75) is 32.5 Å². The maximum Gasteiger partial charge on any atom is 0.257 e. The SMILES string of the molecule is COc1ccc2c(c1)[C@H](O)N(C(C)(C)C)C2=O. The van der Waals surface area contributed by atoms with E-state index < -0.39 is 11.8 Å². The minimum Gasteiger partial charge on any atom is -0.497 e. The number of carbonyl (C=O) groups excluding carboxylic acids is 1. The van der Waals surface area contributed by atoms with Crippen LogP contribution in [-0.4, -0.2) is 28.6 Å². The Hall–Kier alpha value is -1.55. The third-order valence-corrected chi connectivity index (χ3v) is 2.95. The molecule has 1 amide bonds. The van der Waals surface area contributed by atoms with Crippen LogP contribution in [0.5, 0.6) is 5.75 Å². The van der Waals surface area contributed by atoms with Gasteiger partial charge >= 0.3 is 0 Å². The molecule has 0 bridgehead atoms. The Bertz CT molecular complexity index is 462. The molecular weight excluding hydrogens is 218 g/mol. The first kappa shape index (κ1) is 11.9. The van der Waals surface area contributed by atoms with Crippen molar-refractivity contribution in [3.63, 3.8) is 0 Å². The van der Waals surface area contributed by atoms with Gasteiger partial charge in [0, 0.05) is 16.7 Å². The summed E-state index contributed by atoms with van der Waals surface area (Å²) in [4.78, 5) is 13.7. The molecule has 2 rings (SSSR count). The van der Waals surface area contributed by atoms with Gasteiger partial charge in [0.2, 0.25) is 0 Å². The van der Waals surface area contributed by atoms with E-state index in [1.807, 2.05) is 20.8 Å². The number of hydrogen-bond acceptors (Lipinski definition) is 3. The molecule has 92 valence electrons. The molecule has 0 radical (unpaired) electrons. The van der Waals surface area contributed by atoms with Crippen molar-refractivity contribution in [3.05, 3.63) is 29.3 Å². The van der Waals surface area contributed by atoms with Crippen molar-refractivity contribution < 1.29 is 14.6 Å². The van der Waals surface area contributed by atoms with Crippen LogP contribution in [0.3, 0.4) is 0 Å². The van der Waals surface area contributed by atoms with E-state index in [4.69, 9.17) is 4.74 Å².